The molecule has 1 saturated heterocycles. The van der Waals surface area contributed by atoms with Gasteiger partial charge >= 0.3 is 5.97 Å². The highest BCUT2D eigenvalue weighted by Crippen LogP contribution is 2.42. The number of imidazole rings is 1. The second kappa shape index (κ2) is 12.4. The fraction of sp³-hybridized carbons (Fsp3) is 0.303. The maximum absolute atomic E-state index is 15.5. The third-order valence-corrected chi connectivity index (χ3v) is 8.83. The van der Waals surface area contributed by atoms with Crippen LogP contribution in [-0.2, 0) is 24.3 Å². The van der Waals surface area contributed by atoms with Crippen molar-refractivity contribution in [3.8, 4) is 29.0 Å². The number of carbonyl (C=O) groups is 1. The van der Waals surface area contributed by atoms with Gasteiger partial charge in [0.15, 0.2) is 10.0 Å². The molecule has 5 aromatic rings. The molecular weight excluding hydrogens is 638 g/mol. The molecule has 2 aromatic carbocycles. The number of hydrogen-bond acceptors (Lipinski definition) is 8. The van der Waals surface area contributed by atoms with Crippen molar-refractivity contribution in [1.82, 2.24) is 24.7 Å². The number of benzene rings is 2. The number of halogens is 4. The Morgan fingerprint density at radius 1 is 1.11 bits per heavy atom. The Morgan fingerprint density at radius 3 is 2.68 bits per heavy atom. The van der Waals surface area contributed by atoms with Crippen molar-refractivity contribution in [2.45, 2.75) is 50.9 Å². The van der Waals surface area contributed by atoms with E-state index in [1.165, 1.54) is 18.2 Å². The number of carboxylic acid groups (broad SMARTS) is 1. The van der Waals surface area contributed by atoms with Crippen molar-refractivity contribution < 1.29 is 36.9 Å². The minimum Gasteiger partial charge on any atom is -0.478 e. The monoisotopic (exact) mass is 663 g/mol. The third kappa shape index (κ3) is 6.68. The van der Waals surface area contributed by atoms with Gasteiger partial charge < -0.3 is 19.1 Å². The largest absolute Gasteiger partial charge is 0.478 e. The van der Waals surface area contributed by atoms with Gasteiger partial charge in [-0.25, -0.2) is 32.3 Å². The minimum atomic E-state index is -2.64. The first-order valence-electron chi connectivity index (χ1n) is 14.7. The zero-order valence-corrected chi connectivity index (χ0v) is 25.4. The quantitative estimate of drug-likeness (QED) is 0.145. The summed E-state index contributed by atoms with van der Waals surface area (Å²) in [6, 6.07) is 11.5. The molecule has 9 nitrogen and oxygen atoms in total. The summed E-state index contributed by atoms with van der Waals surface area (Å²) in [5.41, 5.74) is 1.38. The molecule has 3 aromatic heterocycles. The van der Waals surface area contributed by atoms with Gasteiger partial charge in [0.05, 0.1) is 34.9 Å². The second-order valence-corrected chi connectivity index (χ2v) is 12.5. The van der Waals surface area contributed by atoms with Gasteiger partial charge in [0.1, 0.15) is 24.1 Å². The molecule has 240 valence electrons. The second-order valence-electron chi connectivity index (χ2n) is 11.4. The standard InChI is InChI=1S/C33H25F4N5O4S/c34-23-13-22(25-2-1-3-29(39-25)46-17-31-41-40-30(47-31)7-4-18-14-33(36,37)15-18)24(35)10-20(23)12-28-38-26-6-5-19(32(43)44)11-27(26)42(28)16-21-8-9-45-21/h1-3,5-6,10-11,13,18,21H,8-9,12,14-17H2,(H,43,44). The summed E-state index contributed by atoms with van der Waals surface area (Å²) in [5.74, 6) is 0.736. The van der Waals surface area contributed by atoms with Crippen LogP contribution in [-0.4, -0.2) is 54.4 Å². The molecule has 1 aliphatic heterocycles. The Morgan fingerprint density at radius 2 is 1.94 bits per heavy atom. The first-order valence-corrected chi connectivity index (χ1v) is 15.6. The summed E-state index contributed by atoms with van der Waals surface area (Å²) >= 11 is 1.16. The van der Waals surface area contributed by atoms with E-state index < -0.39 is 23.5 Å². The zero-order chi connectivity index (χ0) is 32.7. The van der Waals surface area contributed by atoms with Crippen LogP contribution in [0.2, 0.25) is 0 Å². The highest BCUT2D eigenvalue weighted by Gasteiger charge is 2.44. The lowest BCUT2D eigenvalue weighted by Crippen LogP contribution is -2.34. The first-order chi connectivity index (χ1) is 22.6. The average molecular weight is 664 g/mol. The van der Waals surface area contributed by atoms with Gasteiger partial charge in [0.2, 0.25) is 5.88 Å². The van der Waals surface area contributed by atoms with Crippen LogP contribution in [0.15, 0.2) is 48.5 Å². The molecule has 4 heterocycles. The number of nitrogens with zero attached hydrogens (tertiary/aromatic N) is 5. The molecule has 14 heteroatoms. The first kappa shape index (κ1) is 30.8. The van der Waals surface area contributed by atoms with Crippen LogP contribution in [0.5, 0.6) is 5.88 Å². The molecule has 0 bridgehead atoms. The maximum atomic E-state index is 15.5. The fourth-order valence-corrected chi connectivity index (χ4v) is 6.05. The summed E-state index contributed by atoms with van der Waals surface area (Å²) in [6.45, 7) is 1.02. The van der Waals surface area contributed by atoms with Gasteiger partial charge in [-0.15, -0.1) is 10.2 Å². The Labute approximate surface area is 269 Å². The van der Waals surface area contributed by atoms with Crippen molar-refractivity contribution >= 4 is 28.3 Å². The van der Waals surface area contributed by atoms with Crippen molar-refractivity contribution in [1.29, 1.82) is 0 Å². The van der Waals surface area contributed by atoms with Gasteiger partial charge in [-0.1, -0.05) is 23.3 Å². The molecule has 2 aliphatic rings. The van der Waals surface area contributed by atoms with Crippen LogP contribution in [0.1, 0.15) is 51.0 Å². The summed E-state index contributed by atoms with van der Waals surface area (Å²) in [5, 5.41) is 18.3. The Balaban J connectivity index is 1.07. The highest BCUT2D eigenvalue weighted by atomic mass is 32.1. The molecule has 0 amide bonds. The smallest absolute Gasteiger partial charge is 0.335 e. The number of pyridine rings is 1. The number of rotatable bonds is 9. The third-order valence-electron chi connectivity index (χ3n) is 8.02. The summed E-state index contributed by atoms with van der Waals surface area (Å²) < 4.78 is 70.1. The van der Waals surface area contributed by atoms with Crippen molar-refractivity contribution in [2.75, 3.05) is 6.61 Å². The molecule has 1 saturated carbocycles. The number of alkyl halides is 2. The molecule has 1 aliphatic carbocycles. The van der Waals surface area contributed by atoms with Crippen LogP contribution < -0.4 is 4.74 Å². The maximum Gasteiger partial charge on any atom is 0.335 e. The van der Waals surface area contributed by atoms with Crippen LogP contribution in [0, 0.1) is 29.4 Å². The normalized spacial score (nSPS) is 17.1. The predicted molar refractivity (Wildman–Crippen MR) is 162 cm³/mol. The summed E-state index contributed by atoms with van der Waals surface area (Å²) in [7, 11) is 0. The van der Waals surface area contributed by atoms with E-state index in [4.69, 9.17) is 9.47 Å². The Hall–Kier alpha value is -4.87. The van der Waals surface area contributed by atoms with Gasteiger partial charge in [0, 0.05) is 43.4 Å². The number of carboxylic acids is 1. The van der Waals surface area contributed by atoms with Crippen molar-refractivity contribution in [3.63, 3.8) is 0 Å². The topological polar surface area (TPSA) is 112 Å². The Kier molecular flexibility index (Phi) is 8.11. The lowest BCUT2D eigenvalue weighted by Gasteiger charge is -2.30. The van der Waals surface area contributed by atoms with E-state index >= 15 is 8.78 Å². The van der Waals surface area contributed by atoms with Crippen LogP contribution >= 0.6 is 11.3 Å². The van der Waals surface area contributed by atoms with Crippen molar-refractivity contribution in [2.24, 2.45) is 5.92 Å². The number of ether oxygens (including phenoxy) is 2. The van der Waals surface area contributed by atoms with E-state index in [0.29, 0.717) is 40.0 Å². The van der Waals surface area contributed by atoms with Gasteiger partial charge in [-0.2, -0.15) is 0 Å². The number of aromatic carboxylic acids is 1. The Bertz CT molecular complexity index is 2060. The van der Waals surface area contributed by atoms with Gasteiger partial charge in [-0.3, -0.25) is 0 Å². The van der Waals surface area contributed by atoms with E-state index in [1.807, 2.05) is 4.57 Å². The molecule has 0 spiro atoms. The average Bonchev–Trinajstić information content (AvgIpc) is 3.61. The van der Waals surface area contributed by atoms with E-state index in [9.17, 15) is 18.7 Å². The minimum absolute atomic E-state index is 0.00602. The zero-order valence-electron chi connectivity index (χ0n) is 24.6. The fourth-order valence-electron chi connectivity index (χ4n) is 5.44. The molecule has 1 N–H and O–H groups in total. The summed E-state index contributed by atoms with van der Waals surface area (Å²) in [6.07, 6.45) is 0.208. The number of aromatic nitrogens is 5. The van der Waals surface area contributed by atoms with E-state index in [2.05, 4.69) is 32.0 Å². The SMILES string of the molecule is O=C(O)c1ccc2nc(Cc3cc(F)c(-c4cccc(OCc5nnc(C#CC6CC(F)(F)C6)s5)n4)cc3F)n(CC3CCO3)c2c1. The molecule has 2 fully saturated rings. The van der Waals surface area contributed by atoms with Gasteiger partial charge in [-0.05, 0) is 54.3 Å². The molecular formula is C33H25F4N5O4S. The lowest BCUT2D eigenvalue weighted by atomic mass is 9.82. The lowest BCUT2D eigenvalue weighted by molar-refractivity contribution is -0.0936. The van der Waals surface area contributed by atoms with Gasteiger partial charge in [0.25, 0.3) is 5.92 Å². The molecule has 1 atom stereocenters. The number of fused-ring (bicyclic) bond motifs is 1. The van der Waals surface area contributed by atoms with E-state index in [1.54, 1.807) is 18.2 Å². The highest BCUT2D eigenvalue weighted by molar-refractivity contribution is 7.11. The predicted octanol–water partition coefficient (Wildman–Crippen LogP) is 6.28. The summed E-state index contributed by atoms with van der Waals surface area (Å²) in [4.78, 5) is 20.5. The van der Waals surface area contributed by atoms with Crippen LogP contribution in [0.4, 0.5) is 17.6 Å². The van der Waals surface area contributed by atoms with Crippen LogP contribution in [0.25, 0.3) is 22.3 Å². The molecule has 7 rings (SSSR count). The molecule has 1 unspecified atom stereocenters. The van der Waals surface area contributed by atoms with Crippen LogP contribution in [0.3, 0.4) is 0 Å². The number of hydrogen-bond donors (Lipinski definition) is 1. The van der Waals surface area contributed by atoms with E-state index in [-0.39, 0.29) is 66.2 Å². The molecule has 47 heavy (non-hydrogen) atoms. The molecule has 0 radical (unpaired) electrons. The van der Waals surface area contributed by atoms with Crippen molar-refractivity contribution in [3.05, 3.63) is 87.1 Å². The van der Waals surface area contributed by atoms with E-state index in [0.717, 1.165) is 29.9 Å².